The van der Waals surface area contributed by atoms with Gasteiger partial charge in [-0.05, 0) is 13.3 Å². The number of carbonyl (C=O) groups is 3. The van der Waals surface area contributed by atoms with Crippen LogP contribution in [0.3, 0.4) is 0 Å². The van der Waals surface area contributed by atoms with Crippen molar-refractivity contribution in [3.8, 4) is 0 Å². The maximum atomic E-state index is 11.8. The molecular weight excluding hydrogens is 270 g/mol. The molecule has 1 atom stereocenters. The van der Waals surface area contributed by atoms with E-state index in [4.69, 9.17) is 0 Å². The maximum absolute atomic E-state index is 11.8. The standard InChI is InChI=1S/C11H13N3O4S/c1-6-5-19-11(18)14(6)4-9(16)12-7-2-3-8(15)13-10(7)17/h5,7H,2-4H2,1H3,(H,12,16)(H,13,15,17). The summed E-state index contributed by atoms with van der Waals surface area (Å²) >= 11 is 1.02. The van der Waals surface area contributed by atoms with Gasteiger partial charge in [0.05, 0.1) is 0 Å². The fourth-order valence-corrected chi connectivity index (χ4v) is 2.55. The first-order valence-electron chi connectivity index (χ1n) is 5.75. The summed E-state index contributed by atoms with van der Waals surface area (Å²) in [5.41, 5.74) is 0.702. The topological polar surface area (TPSA) is 97.3 Å². The SMILES string of the molecule is Cc1csc(=O)n1CC(=O)NC1CCC(=O)NC1=O. The third kappa shape index (κ3) is 3.08. The summed E-state index contributed by atoms with van der Waals surface area (Å²) in [6, 6.07) is -0.708. The van der Waals surface area contributed by atoms with E-state index in [0.29, 0.717) is 5.69 Å². The minimum Gasteiger partial charge on any atom is -0.343 e. The number of nitrogens with zero attached hydrogens (tertiary/aromatic N) is 1. The Hall–Kier alpha value is -1.96. The first kappa shape index (κ1) is 13.5. The smallest absolute Gasteiger partial charge is 0.307 e. The van der Waals surface area contributed by atoms with Gasteiger partial charge in [-0.25, -0.2) is 0 Å². The molecule has 0 aliphatic carbocycles. The van der Waals surface area contributed by atoms with Gasteiger partial charge >= 0.3 is 4.87 Å². The van der Waals surface area contributed by atoms with Crippen LogP contribution >= 0.6 is 11.3 Å². The Bertz CT molecular complexity index is 589. The molecule has 19 heavy (non-hydrogen) atoms. The second kappa shape index (κ2) is 5.35. The summed E-state index contributed by atoms with van der Waals surface area (Å²) in [6.07, 6.45) is 0.488. The van der Waals surface area contributed by atoms with E-state index in [2.05, 4.69) is 10.6 Å². The lowest BCUT2D eigenvalue weighted by molar-refractivity contribution is -0.137. The Labute approximate surface area is 112 Å². The van der Waals surface area contributed by atoms with Crippen LogP contribution in [0.15, 0.2) is 10.2 Å². The molecule has 7 nitrogen and oxygen atoms in total. The van der Waals surface area contributed by atoms with Crippen molar-refractivity contribution >= 4 is 29.1 Å². The van der Waals surface area contributed by atoms with Crippen molar-refractivity contribution < 1.29 is 14.4 Å². The number of nitrogens with one attached hydrogen (secondary N) is 2. The largest absolute Gasteiger partial charge is 0.343 e. The van der Waals surface area contributed by atoms with Crippen molar-refractivity contribution in [2.45, 2.75) is 32.4 Å². The van der Waals surface area contributed by atoms with E-state index in [0.717, 1.165) is 11.3 Å². The van der Waals surface area contributed by atoms with Gasteiger partial charge < -0.3 is 5.32 Å². The zero-order valence-electron chi connectivity index (χ0n) is 10.3. The van der Waals surface area contributed by atoms with E-state index < -0.39 is 17.9 Å². The average molecular weight is 283 g/mol. The highest BCUT2D eigenvalue weighted by atomic mass is 32.1. The fourth-order valence-electron chi connectivity index (χ4n) is 1.81. The molecule has 1 fully saturated rings. The minimum absolute atomic E-state index is 0.119. The van der Waals surface area contributed by atoms with Crippen LogP contribution in [0.1, 0.15) is 18.5 Å². The average Bonchev–Trinajstić information content (AvgIpc) is 2.65. The molecule has 0 spiro atoms. The van der Waals surface area contributed by atoms with Gasteiger partial charge in [-0.15, -0.1) is 0 Å². The molecule has 1 unspecified atom stereocenters. The number of hydrogen-bond donors (Lipinski definition) is 2. The molecule has 1 aliphatic heterocycles. The number of rotatable bonds is 3. The van der Waals surface area contributed by atoms with Crippen LogP contribution in [0.5, 0.6) is 0 Å². The molecule has 1 aromatic heterocycles. The molecular formula is C11H13N3O4S. The Morgan fingerprint density at radius 2 is 2.26 bits per heavy atom. The first-order valence-corrected chi connectivity index (χ1v) is 6.63. The van der Waals surface area contributed by atoms with Gasteiger partial charge in [0.1, 0.15) is 12.6 Å². The van der Waals surface area contributed by atoms with Crippen molar-refractivity contribution in [1.82, 2.24) is 15.2 Å². The summed E-state index contributed by atoms with van der Waals surface area (Å²) in [5.74, 6) is -1.25. The highest BCUT2D eigenvalue weighted by Gasteiger charge is 2.27. The van der Waals surface area contributed by atoms with Gasteiger partial charge in [0.25, 0.3) is 0 Å². The number of thiazole rings is 1. The predicted octanol–water partition coefficient (Wildman–Crippen LogP) is -0.860. The van der Waals surface area contributed by atoms with Crippen LogP contribution in [0, 0.1) is 6.92 Å². The molecule has 0 radical (unpaired) electrons. The molecule has 2 N–H and O–H groups in total. The highest BCUT2D eigenvalue weighted by molar-refractivity contribution is 7.07. The van der Waals surface area contributed by atoms with Gasteiger partial charge in [0.2, 0.25) is 17.7 Å². The summed E-state index contributed by atoms with van der Waals surface area (Å²) < 4.78 is 1.34. The summed E-state index contributed by atoms with van der Waals surface area (Å²) in [4.78, 5) is 45.4. The molecule has 1 aromatic rings. The van der Waals surface area contributed by atoms with Crippen molar-refractivity contribution in [2.75, 3.05) is 0 Å². The molecule has 2 heterocycles. The summed E-state index contributed by atoms with van der Waals surface area (Å²) in [5, 5.41) is 6.35. The number of imide groups is 1. The van der Waals surface area contributed by atoms with Gasteiger partial charge in [-0.2, -0.15) is 0 Å². The molecule has 1 aliphatic rings. The van der Waals surface area contributed by atoms with E-state index in [1.54, 1.807) is 12.3 Å². The highest BCUT2D eigenvalue weighted by Crippen LogP contribution is 2.05. The quantitative estimate of drug-likeness (QED) is 0.705. The Kier molecular flexibility index (Phi) is 3.79. The summed E-state index contributed by atoms with van der Waals surface area (Å²) in [7, 11) is 0. The normalized spacial score (nSPS) is 19.1. The number of hydrogen-bond acceptors (Lipinski definition) is 5. The Morgan fingerprint density at radius 3 is 2.84 bits per heavy atom. The monoisotopic (exact) mass is 283 g/mol. The second-order valence-corrected chi connectivity index (χ2v) is 5.12. The van der Waals surface area contributed by atoms with Gasteiger partial charge in [0, 0.05) is 17.5 Å². The molecule has 1 saturated heterocycles. The lowest BCUT2D eigenvalue weighted by Gasteiger charge is -2.21. The fraction of sp³-hybridized carbons (Fsp3) is 0.455. The Balaban J connectivity index is 1.97. The van der Waals surface area contributed by atoms with Crippen molar-refractivity contribution in [3.63, 3.8) is 0 Å². The van der Waals surface area contributed by atoms with E-state index >= 15 is 0 Å². The lowest BCUT2D eigenvalue weighted by Crippen LogP contribution is -2.53. The molecule has 8 heteroatoms. The third-order valence-electron chi connectivity index (χ3n) is 2.85. The zero-order valence-corrected chi connectivity index (χ0v) is 11.1. The molecule has 3 amide bonds. The van der Waals surface area contributed by atoms with Crippen molar-refractivity contribution in [1.29, 1.82) is 0 Å². The second-order valence-electron chi connectivity index (χ2n) is 4.30. The molecule has 0 aromatic carbocycles. The number of aromatic nitrogens is 1. The van der Waals surface area contributed by atoms with Gasteiger partial charge in [-0.3, -0.25) is 29.1 Å². The number of carbonyl (C=O) groups excluding carboxylic acids is 3. The predicted molar refractivity (Wildman–Crippen MR) is 67.6 cm³/mol. The number of aryl methyl sites for hydroxylation is 1. The van der Waals surface area contributed by atoms with E-state index in [1.807, 2.05) is 0 Å². The van der Waals surface area contributed by atoms with Gasteiger partial charge in [-0.1, -0.05) is 11.3 Å². The van der Waals surface area contributed by atoms with Crippen LogP contribution in [0.4, 0.5) is 0 Å². The van der Waals surface area contributed by atoms with Crippen molar-refractivity contribution in [3.05, 3.63) is 20.7 Å². The van der Waals surface area contributed by atoms with Gasteiger partial charge in [0.15, 0.2) is 0 Å². The van der Waals surface area contributed by atoms with Crippen molar-refractivity contribution in [2.24, 2.45) is 0 Å². The molecule has 0 saturated carbocycles. The van der Waals surface area contributed by atoms with Crippen LogP contribution in [-0.2, 0) is 20.9 Å². The minimum atomic E-state index is -0.708. The van der Waals surface area contributed by atoms with Crippen LogP contribution in [0.2, 0.25) is 0 Å². The maximum Gasteiger partial charge on any atom is 0.307 e. The van der Waals surface area contributed by atoms with Crippen LogP contribution in [-0.4, -0.2) is 28.3 Å². The molecule has 102 valence electrons. The van der Waals surface area contributed by atoms with Crippen LogP contribution in [0.25, 0.3) is 0 Å². The van der Waals surface area contributed by atoms with Crippen LogP contribution < -0.4 is 15.5 Å². The third-order valence-corrected chi connectivity index (χ3v) is 3.73. The summed E-state index contributed by atoms with van der Waals surface area (Å²) in [6.45, 7) is 1.61. The lowest BCUT2D eigenvalue weighted by atomic mass is 10.1. The zero-order chi connectivity index (χ0) is 14.0. The number of piperidine rings is 1. The molecule has 2 rings (SSSR count). The number of amides is 3. The van der Waals surface area contributed by atoms with E-state index in [-0.39, 0.29) is 30.2 Å². The Morgan fingerprint density at radius 1 is 1.53 bits per heavy atom. The van der Waals surface area contributed by atoms with E-state index in [9.17, 15) is 19.2 Å². The first-order chi connectivity index (χ1) is 8.97. The molecule has 0 bridgehead atoms. The van der Waals surface area contributed by atoms with E-state index in [1.165, 1.54) is 4.57 Å².